The monoisotopic (exact) mass is 265 g/mol. The lowest BCUT2D eigenvalue weighted by molar-refractivity contribution is -0.128. The van der Waals surface area contributed by atoms with E-state index in [1.807, 2.05) is 4.90 Å². The minimum absolute atomic E-state index is 0.210. The molecule has 0 N–H and O–H groups in total. The van der Waals surface area contributed by atoms with E-state index in [-0.39, 0.29) is 5.91 Å². The molecule has 5 heteroatoms. The number of alkyl halides is 1. The van der Waals surface area contributed by atoms with Gasteiger partial charge in [0, 0.05) is 31.4 Å². The van der Waals surface area contributed by atoms with Crippen molar-refractivity contribution in [1.82, 2.24) is 4.90 Å². The molecule has 0 spiro atoms. The molecule has 82 valence electrons. The molecule has 1 unspecified atom stereocenters. The highest BCUT2D eigenvalue weighted by molar-refractivity contribution is 9.09. The van der Waals surface area contributed by atoms with Crippen molar-refractivity contribution in [3.63, 3.8) is 0 Å². The summed E-state index contributed by atoms with van der Waals surface area (Å²) in [5, 5.41) is 0. The minimum Gasteiger partial charge on any atom is -0.382 e. The van der Waals surface area contributed by atoms with Crippen molar-refractivity contribution in [3.05, 3.63) is 0 Å². The van der Waals surface area contributed by atoms with Crippen molar-refractivity contribution >= 4 is 21.8 Å². The van der Waals surface area contributed by atoms with Crippen LogP contribution in [-0.2, 0) is 14.3 Å². The molecule has 0 aliphatic carbocycles. The van der Waals surface area contributed by atoms with Crippen LogP contribution in [0.4, 0.5) is 0 Å². The Hall–Kier alpha value is -0.130. The average molecular weight is 266 g/mol. The van der Waals surface area contributed by atoms with E-state index in [0.717, 1.165) is 6.54 Å². The predicted octanol–water partition coefficient (Wildman–Crippen LogP) is 0.645. The number of amides is 1. The fraction of sp³-hybridized carbons (Fsp3) is 0.889. The number of rotatable bonds is 6. The first-order chi connectivity index (χ1) is 6.74. The standard InChI is InChI=1S/C9H16BrNO3/c1-13-4-5-14-3-2-11-7-8(10)6-9(11)12/h8H,2-7H2,1H3. The number of nitrogens with zero attached hydrogens (tertiary/aromatic N) is 1. The van der Waals surface area contributed by atoms with E-state index >= 15 is 0 Å². The Kier molecular flexibility index (Phi) is 5.44. The van der Waals surface area contributed by atoms with Gasteiger partial charge in [0.2, 0.25) is 5.91 Å². The fourth-order valence-electron chi connectivity index (χ4n) is 1.36. The molecule has 1 rings (SSSR count). The molecule has 1 saturated heterocycles. The lowest BCUT2D eigenvalue weighted by atomic mass is 10.4. The number of carbonyl (C=O) groups excluding carboxylic acids is 1. The van der Waals surface area contributed by atoms with Gasteiger partial charge in [0.25, 0.3) is 0 Å². The van der Waals surface area contributed by atoms with Gasteiger partial charge in [-0.1, -0.05) is 15.9 Å². The van der Waals surface area contributed by atoms with E-state index < -0.39 is 0 Å². The fourth-order valence-corrected chi connectivity index (χ4v) is 1.99. The smallest absolute Gasteiger partial charge is 0.223 e. The van der Waals surface area contributed by atoms with E-state index in [1.54, 1.807) is 7.11 Å². The first-order valence-corrected chi connectivity index (χ1v) is 5.64. The maximum Gasteiger partial charge on any atom is 0.223 e. The van der Waals surface area contributed by atoms with Crippen LogP contribution < -0.4 is 0 Å². The number of methoxy groups -OCH3 is 1. The Labute approximate surface area is 92.7 Å². The van der Waals surface area contributed by atoms with Gasteiger partial charge in [0.1, 0.15) is 0 Å². The largest absolute Gasteiger partial charge is 0.382 e. The Morgan fingerprint density at radius 2 is 2.29 bits per heavy atom. The maximum atomic E-state index is 11.3. The van der Waals surface area contributed by atoms with E-state index in [9.17, 15) is 4.79 Å². The van der Waals surface area contributed by atoms with Gasteiger partial charge in [-0.25, -0.2) is 0 Å². The van der Waals surface area contributed by atoms with Gasteiger partial charge < -0.3 is 14.4 Å². The summed E-state index contributed by atoms with van der Waals surface area (Å²) in [6, 6.07) is 0. The Bertz CT molecular complexity index is 189. The quantitative estimate of drug-likeness (QED) is 0.523. The van der Waals surface area contributed by atoms with Gasteiger partial charge in [0.15, 0.2) is 0 Å². The van der Waals surface area contributed by atoms with E-state index in [0.29, 0.717) is 37.6 Å². The molecule has 0 aromatic carbocycles. The van der Waals surface area contributed by atoms with Crippen molar-refractivity contribution in [3.8, 4) is 0 Å². The SMILES string of the molecule is COCCOCCN1CC(Br)CC1=O. The molecule has 1 amide bonds. The molecule has 0 bridgehead atoms. The Balaban J connectivity index is 2.04. The molecule has 1 fully saturated rings. The average Bonchev–Trinajstić information content (AvgIpc) is 2.45. The van der Waals surface area contributed by atoms with Crippen LogP contribution in [0.2, 0.25) is 0 Å². The third kappa shape index (κ3) is 3.94. The summed E-state index contributed by atoms with van der Waals surface area (Å²) in [7, 11) is 1.64. The molecule has 4 nitrogen and oxygen atoms in total. The Morgan fingerprint density at radius 1 is 1.50 bits per heavy atom. The summed E-state index contributed by atoms with van der Waals surface area (Å²) in [5.74, 6) is 0.210. The number of likely N-dealkylation sites (tertiary alicyclic amines) is 1. The molecule has 0 radical (unpaired) electrons. The highest BCUT2D eigenvalue weighted by Gasteiger charge is 2.26. The summed E-state index contributed by atoms with van der Waals surface area (Å²) >= 11 is 3.43. The highest BCUT2D eigenvalue weighted by atomic mass is 79.9. The third-order valence-corrected chi connectivity index (χ3v) is 2.72. The lowest BCUT2D eigenvalue weighted by Crippen LogP contribution is -2.29. The van der Waals surface area contributed by atoms with Gasteiger partial charge in [-0.3, -0.25) is 4.79 Å². The van der Waals surface area contributed by atoms with Gasteiger partial charge in [-0.05, 0) is 0 Å². The summed E-state index contributed by atoms with van der Waals surface area (Å²) in [4.78, 5) is 13.5. The van der Waals surface area contributed by atoms with Gasteiger partial charge in [0.05, 0.1) is 19.8 Å². The molecule has 1 heterocycles. The molecule has 0 aromatic heterocycles. The molecular weight excluding hydrogens is 250 g/mol. The molecule has 0 aromatic rings. The summed E-state index contributed by atoms with van der Waals surface area (Å²) in [6.07, 6.45) is 0.609. The first-order valence-electron chi connectivity index (χ1n) is 4.72. The van der Waals surface area contributed by atoms with Crippen molar-refractivity contribution in [1.29, 1.82) is 0 Å². The van der Waals surface area contributed by atoms with Crippen LogP contribution in [0.25, 0.3) is 0 Å². The van der Waals surface area contributed by atoms with Crippen LogP contribution >= 0.6 is 15.9 Å². The van der Waals surface area contributed by atoms with Crippen LogP contribution in [0, 0.1) is 0 Å². The van der Waals surface area contributed by atoms with E-state index in [4.69, 9.17) is 9.47 Å². The summed E-state index contributed by atoms with van der Waals surface area (Å²) in [6.45, 7) is 3.28. The number of hydrogen-bond donors (Lipinski definition) is 0. The summed E-state index contributed by atoms with van der Waals surface area (Å²) < 4.78 is 10.1. The van der Waals surface area contributed by atoms with Crippen LogP contribution in [0.15, 0.2) is 0 Å². The van der Waals surface area contributed by atoms with Crippen molar-refractivity contribution in [2.24, 2.45) is 0 Å². The molecule has 14 heavy (non-hydrogen) atoms. The van der Waals surface area contributed by atoms with Gasteiger partial charge in [-0.15, -0.1) is 0 Å². The maximum absolute atomic E-state index is 11.3. The number of ether oxygens (including phenoxy) is 2. The molecule has 1 aliphatic rings. The van der Waals surface area contributed by atoms with Crippen molar-refractivity contribution in [2.75, 3.05) is 40.0 Å². The zero-order valence-electron chi connectivity index (χ0n) is 8.37. The zero-order chi connectivity index (χ0) is 10.4. The van der Waals surface area contributed by atoms with E-state index in [1.165, 1.54) is 0 Å². The third-order valence-electron chi connectivity index (χ3n) is 2.10. The van der Waals surface area contributed by atoms with Crippen molar-refractivity contribution in [2.45, 2.75) is 11.2 Å². The number of hydrogen-bond acceptors (Lipinski definition) is 3. The second-order valence-corrected chi connectivity index (χ2v) is 4.54. The van der Waals surface area contributed by atoms with Crippen LogP contribution in [0.1, 0.15) is 6.42 Å². The van der Waals surface area contributed by atoms with Crippen LogP contribution in [-0.4, -0.2) is 55.7 Å². The second-order valence-electron chi connectivity index (χ2n) is 3.25. The lowest BCUT2D eigenvalue weighted by Gasteiger charge is -2.15. The van der Waals surface area contributed by atoms with Crippen LogP contribution in [0.3, 0.4) is 0 Å². The predicted molar refractivity (Wildman–Crippen MR) is 56.6 cm³/mol. The van der Waals surface area contributed by atoms with Crippen molar-refractivity contribution < 1.29 is 14.3 Å². The molecule has 1 atom stereocenters. The van der Waals surface area contributed by atoms with E-state index in [2.05, 4.69) is 15.9 Å². The Morgan fingerprint density at radius 3 is 2.86 bits per heavy atom. The zero-order valence-corrected chi connectivity index (χ0v) is 9.96. The molecular formula is C9H16BrNO3. The second kappa shape index (κ2) is 6.37. The molecule has 0 saturated carbocycles. The van der Waals surface area contributed by atoms with Gasteiger partial charge >= 0.3 is 0 Å². The highest BCUT2D eigenvalue weighted by Crippen LogP contribution is 2.17. The topological polar surface area (TPSA) is 38.8 Å². The number of halogens is 1. The molecule has 1 aliphatic heterocycles. The van der Waals surface area contributed by atoms with Crippen LogP contribution in [0.5, 0.6) is 0 Å². The van der Waals surface area contributed by atoms with Gasteiger partial charge in [-0.2, -0.15) is 0 Å². The minimum atomic E-state index is 0.210. The normalized spacial score (nSPS) is 22.0. The first kappa shape index (κ1) is 11.9. The summed E-state index contributed by atoms with van der Waals surface area (Å²) in [5.41, 5.74) is 0. The number of carbonyl (C=O) groups is 1.